The molecule has 0 saturated heterocycles. The van der Waals surface area contributed by atoms with E-state index >= 15 is 0 Å². The third-order valence-corrected chi connectivity index (χ3v) is 12.1. The van der Waals surface area contributed by atoms with E-state index < -0.39 is 62.9 Å². The van der Waals surface area contributed by atoms with Crippen molar-refractivity contribution in [2.45, 2.75) is 67.2 Å². The lowest BCUT2D eigenvalue weighted by Gasteiger charge is -2.23. The van der Waals surface area contributed by atoms with Gasteiger partial charge in [0.05, 0.1) is 0 Å². The van der Waals surface area contributed by atoms with Gasteiger partial charge in [0, 0.05) is 23.0 Å². The van der Waals surface area contributed by atoms with Gasteiger partial charge in [-0.25, -0.2) is 0 Å². The van der Waals surface area contributed by atoms with Gasteiger partial charge in [0.15, 0.2) is 21.7 Å². The summed E-state index contributed by atoms with van der Waals surface area (Å²) in [4.78, 5) is 94.7. The first-order chi connectivity index (χ1) is 15.8. The van der Waals surface area contributed by atoms with Crippen molar-refractivity contribution < 1.29 is 67.0 Å². The first-order valence-electron chi connectivity index (χ1n) is 10.5. The summed E-state index contributed by atoms with van der Waals surface area (Å²) in [7, 11) is -20.7. The van der Waals surface area contributed by atoms with Crippen molar-refractivity contribution in [1.82, 2.24) is 0 Å². The zero-order valence-electron chi connectivity index (χ0n) is 20.8. The van der Waals surface area contributed by atoms with Gasteiger partial charge in [0.2, 0.25) is 0 Å². The topological polar surface area (TPSA) is 264 Å². The maximum absolute atomic E-state index is 11.9. The second kappa shape index (κ2) is 13.5. The minimum Gasteiger partial charge on any atom is -0.321 e. The lowest BCUT2D eigenvalue weighted by atomic mass is 9.80. The van der Waals surface area contributed by atoms with Gasteiger partial charge in [-0.15, -0.1) is 0 Å². The molecule has 0 radical (unpaired) electrons. The highest BCUT2D eigenvalue weighted by Crippen LogP contribution is 2.64. The second-order valence-corrected chi connectivity index (χ2v) is 15.4. The minimum absolute atomic E-state index is 0.397. The zero-order valence-corrected chi connectivity index (χ0v) is 24.4. The number of carbonyl (C=O) groups excluding carboxylic acids is 2. The normalized spacial score (nSPS) is 13.3. The van der Waals surface area contributed by atoms with Crippen LogP contribution in [0.3, 0.4) is 0 Å². The molecule has 8 N–H and O–H groups in total. The third-order valence-electron chi connectivity index (χ3n) is 6.03. The SMILES string of the molecule is CCC(C)(CC)C(=O)C=C(P(=O)(O)O)P(=O)(O)O.CCC(C)(CC)C(=O)C=C(P(=O)(O)O)P(=O)(O)O. The first-order valence-corrected chi connectivity index (χ1v) is 17.0. The van der Waals surface area contributed by atoms with E-state index in [1.807, 2.05) is 0 Å². The van der Waals surface area contributed by atoms with Crippen LogP contribution < -0.4 is 0 Å². The molecule has 0 unspecified atom stereocenters. The maximum Gasteiger partial charge on any atom is 0.364 e. The molecule has 0 saturated carbocycles. The van der Waals surface area contributed by atoms with Crippen LogP contribution in [0.25, 0.3) is 0 Å². The van der Waals surface area contributed by atoms with Crippen molar-refractivity contribution in [3.05, 3.63) is 22.3 Å². The van der Waals surface area contributed by atoms with Gasteiger partial charge in [-0.05, 0) is 25.7 Å². The molecule has 0 fully saturated rings. The van der Waals surface area contributed by atoms with Gasteiger partial charge in [-0.1, -0.05) is 41.5 Å². The van der Waals surface area contributed by atoms with Crippen molar-refractivity contribution in [3.63, 3.8) is 0 Å². The summed E-state index contributed by atoms with van der Waals surface area (Å²) in [5, 5.41) is -2.85. The lowest BCUT2D eigenvalue weighted by molar-refractivity contribution is -0.124. The molecule has 0 amide bonds. The second-order valence-electron chi connectivity index (χ2n) is 8.45. The number of carbonyl (C=O) groups is 2. The molecule has 0 spiro atoms. The van der Waals surface area contributed by atoms with E-state index in [-0.39, 0.29) is 0 Å². The average molecular weight is 600 g/mol. The van der Waals surface area contributed by atoms with Crippen LogP contribution >= 0.6 is 30.4 Å². The average Bonchev–Trinajstić information content (AvgIpc) is 2.71. The Kier molecular flexibility index (Phi) is 14.1. The number of rotatable bonds is 12. The summed E-state index contributed by atoms with van der Waals surface area (Å²) in [6.45, 7) is 9.99. The summed E-state index contributed by atoms with van der Waals surface area (Å²) in [5.74, 6) is -1.40. The van der Waals surface area contributed by atoms with Crippen LogP contribution in [0.1, 0.15) is 67.2 Å². The molecule has 36 heavy (non-hydrogen) atoms. The summed E-state index contributed by atoms with van der Waals surface area (Å²) in [6.07, 6.45) is 2.38. The van der Waals surface area contributed by atoms with Gasteiger partial charge < -0.3 is 39.1 Å². The van der Waals surface area contributed by atoms with Crippen LogP contribution in [-0.2, 0) is 27.8 Å². The zero-order chi connectivity index (χ0) is 29.6. The van der Waals surface area contributed by atoms with Gasteiger partial charge in [0.1, 0.15) is 0 Å². The molecule has 18 heteroatoms. The molecule has 0 atom stereocenters. The summed E-state index contributed by atoms with van der Waals surface area (Å²) < 4.78 is 44.0. The molecule has 0 bridgehead atoms. The Labute approximate surface area is 209 Å². The van der Waals surface area contributed by atoms with Crippen LogP contribution in [0.15, 0.2) is 22.3 Å². The number of allylic oxidation sites excluding steroid dienone is 2. The highest BCUT2D eigenvalue weighted by molar-refractivity contribution is 7.77. The van der Waals surface area contributed by atoms with Crippen LogP contribution in [0.2, 0.25) is 0 Å². The van der Waals surface area contributed by atoms with Crippen molar-refractivity contribution in [3.8, 4) is 0 Å². The molecule has 0 aromatic heterocycles. The number of hydrogen-bond donors (Lipinski definition) is 8. The molecule has 0 aliphatic rings. The maximum atomic E-state index is 11.9. The van der Waals surface area contributed by atoms with Gasteiger partial charge in [0.25, 0.3) is 0 Å². The Hall–Kier alpha value is -0.580. The molecule has 0 rings (SSSR count). The quantitative estimate of drug-likeness (QED) is 0.118. The van der Waals surface area contributed by atoms with Gasteiger partial charge in [-0.3, -0.25) is 27.8 Å². The highest BCUT2D eigenvalue weighted by Gasteiger charge is 2.40. The monoisotopic (exact) mass is 600 g/mol. The van der Waals surface area contributed by atoms with Crippen molar-refractivity contribution in [2.75, 3.05) is 0 Å². The molecule has 212 valence electrons. The third kappa shape index (κ3) is 11.4. The van der Waals surface area contributed by atoms with Crippen LogP contribution in [0.5, 0.6) is 0 Å². The molecule has 0 aliphatic carbocycles. The Morgan fingerprint density at radius 3 is 0.806 bits per heavy atom. The van der Waals surface area contributed by atoms with Crippen molar-refractivity contribution in [2.24, 2.45) is 10.8 Å². The van der Waals surface area contributed by atoms with Gasteiger partial charge in [-0.2, -0.15) is 0 Å². The number of hydrogen-bond acceptors (Lipinski definition) is 6. The fraction of sp³-hybridized carbons (Fsp3) is 0.667. The summed E-state index contributed by atoms with van der Waals surface area (Å²) in [5.41, 5.74) is -1.79. The van der Waals surface area contributed by atoms with Crippen LogP contribution in [0, 0.1) is 10.8 Å². The highest BCUT2D eigenvalue weighted by atomic mass is 31.2. The first kappa shape index (κ1) is 37.6. The smallest absolute Gasteiger partial charge is 0.321 e. The molecule has 0 heterocycles. The number of ketones is 2. The van der Waals surface area contributed by atoms with E-state index in [1.165, 1.54) is 0 Å². The Morgan fingerprint density at radius 1 is 0.528 bits per heavy atom. The largest absolute Gasteiger partial charge is 0.364 e. The Morgan fingerprint density at radius 2 is 0.694 bits per heavy atom. The molecule has 0 aliphatic heterocycles. The summed E-state index contributed by atoms with van der Waals surface area (Å²) >= 11 is 0. The van der Waals surface area contributed by atoms with E-state index in [0.29, 0.717) is 37.8 Å². The molecule has 0 aromatic carbocycles. The van der Waals surface area contributed by atoms with Crippen LogP contribution in [-0.4, -0.2) is 50.7 Å². The fourth-order valence-electron chi connectivity index (χ4n) is 2.46. The predicted octanol–water partition coefficient (Wildman–Crippen LogP) is 3.16. The summed E-state index contributed by atoms with van der Waals surface area (Å²) in [6, 6.07) is 0. The van der Waals surface area contributed by atoms with E-state index in [2.05, 4.69) is 0 Å². The Balaban J connectivity index is 0. The van der Waals surface area contributed by atoms with Crippen molar-refractivity contribution in [1.29, 1.82) is 0 Å². The van der Waals surface area contributed by atoms with E-state index in [4.69, 9.17) is 39.1 Å². The Bertz CT molecular complexity index is 912. The lowest BCUT2D eigenvalue weighted by Crippen LogP contribution is -2.24. The van der Waals surface area contributed by atoms with E-state index in [0.717, 1.165) is 0 Å². The minimum atomic E-state index is -5.16. The van der Waals surface area contributed by atoms with Gasteiger partial charge >= 0.3 is 30.4 Å². The standard InChI is InChI=1S/2C9H18O7P2/c2*1-4-9(3,5-2)7(10)6-8(17(11,12)13)18(14,15)16/h2*6H,4-5H2,1-3H3,(H2,11,12,13)(H2,14,15,16). The molecular weight excluding hydrogens is 564 g/mol. The molecular formula is C18H36O14P4. The fourth-order valence-corrected chi connectivity index (χ4v) is 6.31. The molecule has 14 nitrogen and oxygen atoms in total. The molecule has 0 aromatic rings. The van der Waals surface area contributed by atoms with E-state index in [1.54, 1.807) is 41.5 Å². The van der Waals surface area contributed by atoms with E-state index in [9.17, 15) is 27.8 Å². The van der Waals surface area contributed by atoms with Crippen molar-refractivity contribution >= 4 is 41.9 Å². The predicted molar refractivity (Wildman–Crippen MR) is 132 cm³/mol. The van der Waals surface area contributed by atoms with Crippen LogP contribution in [0.4, 0.5) is 0 Å².